The van der Waals surface area contributed by atoms with E-state index in [-0.39, 0.29) is 5.76 Å². The second kappa shape index (κ2) is 4.31. The Morgan fingerprint density at radius 2 is 2.46 bits per heavy atom. The summed E-state index contributed by atoms with van der Waals surface area (Å²) in [5, 5.41) is 8.31. The predicted octanol–water partition coefficient (Wildman–Crippen LogP) is 1.52. The first-order valence-electron chi connectivity index (χ1n) is 3.82. The highest BCUT2D eigenvalue weighted by Crippen LogP contribution is 2.10. The molecule has 1 rings (SSSR count). The SMILES string of the molecule is COC(=O)c1ccc(CCC#N)o1. The summed E-state index contributed by atoms with van der Waals surface area (Å²) in [6.45, 7) is 0. The van der Waals surface area contributed by atoms with Crippen molar-refractivity contribution < 1.29 is 13.9 Å². The van der Waals surface area contributed by atoms with Crippen LogP contribution in [0.25, 0.3) is 0 Å². The smallest absolute Gasteiger partial charge is 0.373 e. The van der Waals surface area contributed by atoms with Gasteiger partial charge in [-0.15, -0.1) is 0 Å². The molecule has 0 atom stereocenters. The third-order valence-electron chi connectivity index (χ3n) is 1.53. The van der Waals surface area contributed by atoms with Crippen LogP contribution in [0.1, 0.15) is 22.7 Å². The molecule has 4 heteroatoms. The van der Waals surface area contributed by atoms with Crippen molar-refractivity contribution >= 4 is 5.97 Å². The number of hydrogen-bond donors (Lipinski definition) is 0. The van der Waals surface area contributed by atoms with Crippen LogP contribution in [0.3, 0.4) is 0 Å². The Bertz CT molecular complexity index is 335. The average Bonchev–Trinajstić information content (AvgIpc) is 2.62. The third kappa shape index (κ3) is 2.34. The lowest BCUT2D eigenvalue weighted by molar-refractivity contribution is 0.0563. The summed E-state index contributed by atoms with van der Waals surface area (Å²) >= 11 is 0. The minimum absolute atomic E-state index is 0.176. The highest BCUT2D eigenvalue weighted by Gasteiger charge is 2.10. The van der Waals surface area contributed by atoms with Crippen molar-refractivity contribution in [2.24, 2.45) is 0 Å². The second-order valence-corrected chi connectivity index (χ2v) is 2.42. The van der Waals surface area contributed by atoms with Gasteiger partial charge in [-0.1, -0.05) is 0 Å². The van der Waals surface area contributed by atoms with Gasteiger partial charge in [0.25, 0.3) is 0 Å². The minimum Gasteiger partial charge on any atom is -0.463 e. The Kier molecular flexibility index (Phi) is 3.09. The molecule has 0 radical (unpaired) electrons. The number of methoxy groups -OCH3 is 1. The highest BCUT2D eigenvalue weighted by atomic mass is 16.5. The van der Waals surface area contributed by atoms with Crippen LogP contribution in [0.4, 0.5) is 0 Å². The molecule has 1 aromatic rings. The van der Waals surface area contributed by atoms with Crippen LogP contribution >= 0.6 is 0 Å². The van der Waals surface area contributed by atoms with Crippen molar-refractivity contribution in [2.45, 2.75) is 12.8 Å². The topological polar surface area (TPSA) is 63.2 Å². The molecule has 68 valence electrons. The molecule has 0 aliphatic heterocycles. The van der Waals surface area contributed by atoms with Gasteiger partial charge in [0.1, 0.15) is 5.76 Å². The molecule has 0 aliphatic carbocycles. The van der Waals surface area contributed by atoms with Crippen LogP contribution in [0.15, 0.2) is 16.5 Å². The number of furan rings is 1. The molecule has 13 heavy (non-hydrogen) atoms. The largest absolute Gasteiger partial charge is 0.463 e. The van der Waals surface area contributed by atoms with E-state index in [1.54, 1.807) is 12.1 Å². The quantitative estimate of drug-likeness (QED) is 0.660. The second-order valence-electron chi connectivity index (χ2n) is 2.42. The molecule has 0 aromatic carbocycles. The minimum atomic E-state index is -0.497. The molecular weight excluding hydrogens is 170 g/mol. The molecule has 0 saturated carbocycles. The maximum Gasteiger partial charge on any atom is 0.373 e. The van der Waals surface area contributed by atoms with Gasteiger partial charge >= 0.3 is 5.97 Å². The van der Waals surface area contributed by atoms with Crippen molar-refractivity contribution in [1.29, 1.82) is 5.26 Å². The van der Waals surface area contributed by atoms with E-state index in [0.717, 1.165) is 0 Å². The zero-order valence-corrected chi connectivity index (χ0v) is 7.24. The molecule has 0 bridgehead atoms. The average molecular weight is 179 g/mol. The van der Waals surface area contributed by atoms with Gasteiger partial charge in [0, 0.05) is 12.8 Å². The molecule has 0 amide bonds. The lowest BCUT2D eigenvalue weighted by atomic mass is 10.3. The van der Waals surface area contributed by atoms with Gasteiger partial charge in [-0.2, -0.15) is 5.26 Å². The molecule has 0 fully saturated rings. The van der Waals surface area contributed by atoms with Crippen LogP contribution in [-0.2, 0) is 11.2 Å². The van der Waals surface area contributed by atoms with Gasteiger partial charge in [-0.05, 0) is 12.1 Å². The van der Waals surface area contributed by atoms with Gasteiger partial charge < -0.3 is 9.15 Å². The summed E-state index contributed by atoms with van der Waals surface area (Å²) in [7, 11) is 1.29. The number of aryl methyl sites for hydroxylation is 1. The number of carbonyl (C=O) groups is 1. The predicted molar refractivity (Wildman–Crippen MR) is 44.0 cm³/mol. The highest BCUT2D eigenvalue weighted by molar-refractivity contribution is 5.86. The van der Waals surface area contributed by atoms with E-state index in [2.05, 4.69) is 4.74 Å². The fourth-order valence-corrected chi connectivity index (χ4v) is 0.902. The fraction of sp³-hybridized carbons (Fsp3) is 0.333. The zero-order valence-electron chi connectivity index (χ0n) is 7.24. The molecule has 0 N–H and O–H groups in total. The summed E-state index contributed by atoms with van der Waals surface area (Å²) in [5.41, 5.74) is 0. The van der Waals surface area contributed by atoms with E-state index >= 15 is 0 Å². The molecule has 1 heterocycles. The third-order valence-corrected chi connectivity index (χ3v) is 1.53. The van der Waals surface area contributed by atoms with Gasteiger partial charge in [-0.3, -0.25) is 0 Å². The van der Waals surface area contributed by atoms with E-state index in [0.29, 0.717) is 18.6 Å². The maximum atomic E-state index is 10.9. The Hall–Kier alpha value is -1.76. The summed E-state index contributed by atoms with van der Waals surface area (Å²) in [4.78, 5) is 10.9. The van der Waals surface area contributed by atoms with Gasteiger partial charge in [-0.25, -0.2) is 4.79 Å². The van der Waals surface area contributed by atoms with Crippen molar-refractivity contribution in [2.75, 3.05) is 7.11 Å². The zero-order chi connectivity index (χ0) is 9.68. The number of esters is 1. The Labute approximate surface area is 75.7 Å². The monoisotopic (exact) mass is 179 g/mol. The van der Waals surface area contributed by atoms with Crippen LogP contribution in [0, 0.1) is 11.3 Å². The molecule has 0 spiro atoms. The summed E-state index contributed by atoms with van der Waals surface area (Å²) in [6, 6.07) is 5.20. The standard InChI is InChI=1S/C9H9NO3/c1-12-9(11)8-5-4-7(13-8)3-2-6-10/h4-5H,2-3H2,1H3. The van der Waals surface area contributed by atoms with E-state index in [1.165, 1.54) is 7.11 Å². The van der Waals surface area contributed by atoms with Crippen molar-refractivity contribution in [3.63, 3.8) is 0 Å². The number of ether oxygens (including phenoxy) is 1. The fourth-order valence-electron chi connectivity index (χ4n) is 0.902. The number of rotatable bonds is 3. The van der Waals surface area contributed by atoms with Gasteiger partial charge in [0.15, 0.2) is 0 Å². The van der Waals surface area contributed by atoms with E-state index in [9.17, 15) is 4.79 Å². The Morgan fingerprint density at radius 3 is 3.08 bits per heavy atom. The lowest BCUT2D eigenvalue weighted by Gasteiger charge is -1.92. The van der Waals surface area contributed by atoms with Crippen LogP contribution in [0.2, 0.25) is 0 Å². The maximum absolute atomic E-state index is 10.9. The first kappa shape index (κ1) is 9.33. The first-order valence-corrected chi connectivity index (χ1v) is 3.82. The molecule has 0 saturated heterocycles. The number of hydrogen-bond acceptors (Lipinski definition) is 4. The summed E-state index contributed by atoms with van der Waals surface area (Å²) in [5.74, 6) is 0.306. The lowest BCUT2D eigenvalue weighted by Crippen LogP contribution is -1.98. The van der Waals surface area contributed by atoms with Crippen molar-refractivity contribution in [3.05, 3.63) is 23.7 Å². The summed E-state index contributed by atoms with van der Waals surface area (Å²) in [6.07, 6.45) is 0.904. The van der Waals surface area contributed by atoms with Gasteiger partial charge in [0.05, 0.1) is 13.2 Å². The molecule has 4 nitrogen and oxygen atoms in total. The van der Waals surface area contributed by atoms with E-state index in [4.69, 9.17) is 9.68 Å². The van der Waals surface area contributed by atoms with E-state index in [1.807, 2.05) is 6.07 Å². The molecule has 1 aromatic heterocycles. The number of nitrogens with zero attached hydrogens (tertiary/aromatic N) is 1. The van der Waals surface area contributed by atoms with Crippen LogP contribution in [-0.4, -0.2) is 13.1 Å². The normalized spacial score (nSPS) is 9.23. The van der Waals surface area contributed by atoms with E-state index < -0.39 is 5.97 Å². The van der Waals surface area contributed by atoms with Crippen molar-refractivity contribution in [3.8, 4) is 6.07 Å². The molecule has 0 unspecified atom stereocenters. The number of carbonyl (C=O) groups excluding carboxylic acids is 1. The number of nitriles is 1. The first-order chi connectivity index (χ1) is 6.27. The van der Waals surface area contributed by atoms with Crippen LogP contribution in [0.5, 0.6) is 0 Å². The summed E-state index contributed by atoms with van der Waals surface area (Å²) < 4.78 is 9.57. The van der Waals surface area contributed by atoms with Crippen LogP contribution < -0.4 is 0 Å². The van der Waals surface area contributed by atoms with Crippen molar-refractivity contribution in [1.82, 2.24) is 0 Å². The molecular formula is C9H9NO3. The van der Waals surface area contributed by atoms with Gasteiger partial charge in [0.2, 0.25) is 5.76 Å². The Morgan fingerprint density at radius 1 is 1.69 bits per heavy atom. The Balaban J connectivity index is 2.64. The molecule has 0 aliphatic rings.